The Balaban J connectivity index is 3.63. The first kappa shape index (κ1) is 26.9. The Morgan fingerprint density at radius 2 is 1.03 bits per heavy atom. The number of esters is 1. The Labute approximate surface area is 179 Å². The van der Waals surface area contributed by atoms with Gasteiger partial charge in [0.2, 0.25) is 0 Å². The average Bonchev–Trinajstić information content (AvgIpc) is 2.66. The van der Waals surface area contributed by atoms with Crippen molar-refractivity contribution in [2.45, 2.75) is 51.9 Å². The van der Waals surface area contributed by atoms with Crippen LogP contribution < -0.4 is 0 Å². The lowest BCUT2D eigenvalue weighted by molar-refractivity contribution is -0.870. The normalized spacial score (nSPS) is 13.4. The van der Waals surface area contributed by atoms with Crippen LogP contribution in [0.1, 0.15) is 51.9 Å². The van der Waals surface area contributed by atoms with E-state index in [1.807, 2.05) is 12.2 Å². The zero-order valence-corrected chi connectivity index (χ0v) is 19.1. The van der Waals surface area contributed by atoms with Gasteiger partial charge in [0.05, 0.1) is 27.6 Å². The summed E-state index contributed by atoms with van der Waals surface area (Å²) in [5.41, 5.74) is 0. The van der Waals surface area contributed by atoms with E-state index in [9.17, 15) is 4.79 Å². The molecule has 0 aromatic carbocycles. The lowest BCUT2D eigenvalue weighted by Gasteiger charge is -2.23. The van der Waals surface area contributed by atoms with Crippen molar-refractivity contribution >= 4 is 5.97 Å². The lowest BCUT2D eigenvalue weighted by atomic mass is 10.2. The quantitative estimate of drug-likeness (QED) is 0.172. The molecule has 0 saturated carbocycles. The summed E-state index contributed by atoms with van der Waals surface area (Å²) < 4.78 is 6.01. The van der Waals surface area contributed by atoms with E-state index >= 15 is 0 Å². The molecule has 162 valence electrons. The van der Waals surface area contributed by atoms with Crippen molar-refractivity contribution < 1.29 is 14.0 Å². The first-order valence-electron chi connectivity index (χ1n) is 10.8. The number of carbonyl (C=O) groups excluding carboxylic acids is 1. The van der Waals surface area contributed by atoms with Crippen molar-refractivity contribution in [1.82, 2.24) is 0 Å². The van der Waals surface area contributed by atoms with Crippen LogP contribution in [0.15, 0.2) is 72.9 Å². The van der Waals surface area contributed by atoms with Gasteiger partial charge in [0.1, 0.15) is 13.2 Å². The van der Waals surface area contributed by atoms with Crippen LogP contribution in [0.2, 0.25) is 0 Å². The van der Waals surface area contributed by atoms with Gasteiger partial charge in [-0.25, -0.2) is 0 Å². The number of rotatable bonds is 16. The van der Waals surface area contributed by atoms with Crippen molar-refractivity contribution in [3.8, 4) is 0 Å². The van der Waals surface area contributed by atoms with Crippen LogP contribution in [0.3, 0.4) is 0 Å². The van der Waals surface area contributed by atoms with Gasteiger partial charge in [0.15, 0.2) is 0 Å². The summed E-state index contributed by atoms with van der Waals surface area (Å²) in [5.74, 6) is -0.154. The van der Waals surface area contributed by atoms with Crippen LogP contribution in [-0.2, 0) is 9.53 Å². The van der Waals surface area contributed by atoms with Crippen LogP contribution in [0, 0.1) is 0 Å². The molecule has 29 heavy (non-hydrogen) atoms. The minimum Gasteiger partial charge on any atom is -0.459 e. The van der Waals surface area contributed by atoms with Gasteiger partial charge in [0, 0.05) is 0 Å². The van der Waals surface area contributed by atoms with Crippen LogP contribution in [-0.4, -0.2) is 44.7 Å². The Hall–Kier alpha value is -2.13. The van der Waals surface area contributed by atoms with Gasteiger partial charge >= 0.3 is 5.97 Å². The van der Waals surface area contributed by atoms with E-state index in [0.717, 1.165) is 49.6 Å². The molecule has 0 aliphatic rings. The molecule has 3 nitrogen and oxygen atoms in total. The van der Waals surface area contributed by atoms with E-state index in [2.05, 4.69) is 88.8 Å². The molecule has 0 aliphatic heterocycles. The summed E-state index contributed by atoms with van der Waals surface area (Å²) in [4.78, 5) is 11.6. The number of ether oxygens (including phenoxy) is 1. The Morgan fingerprint density at radius 1 is 0.655 bits per heavy atom. The Morgan fingerprint density at radius 3 is 1.41 bits per heavy atom. The minimum absolute atomic E-state index is 0.154. The molecule has 3 heteroatoms. The van der Waals surface area contributed by atoms with Crippen molar-refractivity contribution in [1.29, 1.82) is 0 Å². The third-order valence-corrected chi connectivity index (χ3v) is 3.91. The van der Waals surface area contributed by atoms with Gasteiger partial charge in [-0.2, -0.15) is 0 Å². The van der Waals surface area contributed by atoms with Gasteiger partial charge in [-0.05, 0) is 38.5 Å². The fraction of sp³-hybridized carbons (Fsp3) is 0.500. The molecule has 0 saturated heterocycles. The van der Waals surface area contributed by atoms with Crippen LogP contribution >= 0.6 is 0 Å². The maximum absolute atomic E-state index is 11.6. The van der Waals surface area contributed by atoms with E-state index < -0.39 is 0 Å². The number of nitrogens with zero attached hydrogens (tertiary/aromatic N) is 1. The highest BCUT2D eigenvalue weighted by Gasteiger charge is 2.08. The molecule has 0 aromatic heterocycles. The second-order valence-corrected chi connectivity index (χ2v) is 7.85. The number of carbonyl (C=O) groups is 1. The zero-order chi connectivity index (χ0) is 21.6. The maximum atomic E-state index is 11.6. The van der Waals surface area contributed by atoms with Gasteiger partial charge in [-0.1, -0.05) is 79.8 Å². The highest BCUT2D eigenvalue weighted by atomic mass is 16.5. The summed E-state index contributed by atoms with van der Waals surface area (Å²) in [6, 6.07) is 0. The number of quaternary nitrogens is 1. The molecule has 0 aliphatic carbocycles. The highest BCUT2D eigenvalue weighted by Crippen LogP contribution is 1.98. The van der Waals surface area contributed by atoms with Gasteiger partial charge in [-0.15, -0.1) is 0 Å². The van der Waals surface area contributed by atoms with Crippen molar-refractivity contribution in [3.63, 3.8) is 0 Å². The SMILES string of the molecule is CCC=CCC=CCC=CCC=CCC=CCC=CCC(=O)OCC[N+](C)(C)C. The fourth-order valence-corrected chi connectivity index (χ4v) is 2.19. The van der Waals surface area contributed by atoms with Gasteiger partial charge in [0.25, 0.3) is 0 Å². The van der Waals surface area contributed by atoms with E-state index in [-0.39, 0.29) is 5.97 Å². The smallest absolute Gasteiger partial charge is 0.309 e. The first-order valence-corrected chi connectivity index (χ1v) is 10.8. The number of allylic oxidation sites excluding steroid dienone is 11. The minimum atomic E-state index is -0.154. The molecular weight excluding hydrogens is 358 g/mol. The Bertz CT molecular complexity index is 572. The molecule has 0 spiro atoms. The number of likely N-dealkylation sites (N-methyl/N-ethyl adjacent to an activating group) is 1. The number of hydrogen-bond donors (Lipinski definition) is 0. The highest BCUT2D eigenvalue weighted by molar-refractivity contribution is 5.71. The maximum Gasteiger partial charge on any atom is 0.309 e. The lowest BCUT2D eigenvalue weighted by Crippen LogP contribution is -2.37. The second kappa shape index (κ2) is 19.2. The van der Waals surface area contributed by atoms with Gasteiger partial charge < -0.3 is 9.22 Å². The molecule has 0 heterocycles. The summed E-state index contributed by atoms with van der Waals surface area (Å²) >= 11 is 0. The molecular formula is C26H42NO2+. The molecule has 0 N–H and O–H groups in total. The molecule has 0 rings (SSSR count). The van der Waals surface area contributed by atoms with E-state index in [1.54, 1.807) is 0 Å². The fourth-order valence-electron chi connectivity index (χ4n) is 2.19. The van der Waals surface area contributed by atoms with Crippen LogP contribution in [0.5, 0.6) is 0 Å². The average molecular weight is 401 g/mol. The molecule has 0 amide bonds. The second-order valence-electron chi connectivity index (χ2n) is 7.85. The largest absolute Gasteiger partial charge is 0.459 e. The summed E-state index contributed by atoms with van der Waals surface area (Å²) in [7, 11) is 6.25. The topological polar surface area (TPSA) is 26.3 Å². The monoisotopic (exact) mass is 400 g/mol. The molecule has 0 atom stereocenters. The van der Waals surface area contributed by atoms with E-state index in [0.29, 0.717) is 13.0 Å². The molecule has 0 bridgehead atoms. The molecule has 0 aromatic rings. The molecule has 0 fully saturated rings. The summed E-state index contributed by atoms with van der Waals surface area (Å²) in [5, 5.41) is 0. The first-order chi connectivity index (χ1) is 14.0. The molecule has 0 unspecified atom stereocenters. The van der Waals surface area contributed by atoms with E-state index in [4.69, 9.17) is 4.74 Å². The zero-order valence-electron chi connectivity index (χ0n) is 19.1. The predicted octanol–water partition coefficient (Wildman–Crippen LogP) is 6.32. The van der Waals surface area contributed by atoms with Gasteiger partial charge in [-0.3, -0.25) is 4.79 Å². The Kier molecular flexibility index (Phi) is 17.8. The van der Waals surface area contributed by atoms with Crippen molar-refractivity contribution in [3.05, 3.63) is 72.9 Å². The third-order valence-electron chi connectivity index (χ3n) is 3.91. The van der Waals surface area contributed by atoms with E-state index in [1.165, 1.54) is 0 Å². The van der Waals surface area contributed by atoms with Crippen LogP contribution in [0.25, 0.3) is 0 Å². The van der Waals surface area contributed by atoms with Crippen LogP contribution in [0.4, 0.5) is 0 Å². The van der Waals surface area contributed by atoms with Crippen molar-refractivity contribution in [2.24, 2.45) is 0 Å². The standard InChI is InChI=1S/C26H42NO2/c1-5-6-7-8-9-10-11-12-13-14-15-16-17-18-19-20-21-22-23-26(28)29-25-24-27(2,3)4/h6-7,9-10,12-13,15-16,18-19,21-22H,5,8,11,14,17,20,23-25H2,1-4H3/q+1. The number of hydrogen-bond acceptors (Lipinski definition) is 2. The summed E-state index contributed by atoms with van der Waals surface area (Å²) in [6.45, 7) is 3.46. The summed E-state index contributed by atoms with van der Waals surface area (Å²) in [6.07, 6.45) is 32.0. The third kappa shape index (κ3) is 23.8. The van der Waals surface area contributed by atoms with Crippen molar-refractivity contribution in [2.75, 3.05) is 34.3 Å². The predicted molar refractivity (Wildman–Crippen MR) is 127 cm³/mol. The molecule has 0 radical (unpaired) electrons.